The number of piperidine rings is 1. The third-order valence-corrected chi connectivity index (χ3v) is 6.30. The summed E-state index contributed by atoms with van der Waals surface area (Å²) in [5, 5.41) is 8.94. The molecule has 0 amide bonds. The van der Waals surface area contributed by atoms with Crippen molar-refractivity contribution in [2.24, 2.45) is 5.92 Å². The highest BCUT2D eigenvalue weighted by Crippen LogP contribution is 2.42. The predicted molar refractivity (Wildman–Crippen MR) is 115 cm³/mol. The lowest BCUT2D eigenvalue weighted by Gasteiger charge is -2.23. The van der Waals surface area contributed by atoms with Crippen molar-refractivity contribution in [2.45, 2.75) is 24.9 Å². The molecule has 31 heavy (non-hydrogen) atoms. The number of hydrogen-bond acceptors (Lipinski definition) is 6. The molecule has 1 saturated heterocycles. The molecule has 0 spiro atoms. The fraction of sp³-hybridized carbons (Fsp3) is 0.261. The zero-order chi connectivity index (χ0) is 20.9. The lowest BCUT2D eigenvalue weighted by atomic mass is 10.1. The summed E-state index contributed by atoms with van der Waals surface area (Å²) in [6.45, 7) is 1.04. The Hall–Kier alpha value is -3.52. The van der Waals surface area contributed by atoms with E-state index in [9.17, 15) is 0 Å². The first kappa shape index (κ1) is 18.3. The Labute approximate surface area is 178 Å². The van der Waals surface area contributed by atoms with Gasteiger partial charge in [0, 0.05) is 17.7 Å². The molecule has 2 aromatic carbocycles. The smallest absolute Gasteiger partial charge is 0.164 e. The van der Waals surface area contributed by atoms with Gasteiger partial charge in [0.25, 0.3) is 0 Å². The van der Waals surface area contributed by atoms with Gasteiger partial charge >= 0.3 is 0 Å². The van der Waals surface area contributed by atoms with Gasteiger partial charge in [-0.25, -0.2) is 19.0 Å². The lowest BCUT2D eigenvalue weighted by Crippen LogP contribution is -2.35. The molecular weight excluding hydrogens is 395 g/mol. The minimum Gasteiger partial charge on any atom is -0.457 e. The molecule has 2 fully saturated rings. The summed E-state index contributed by atoms with van der Waals surface area (Å²) in [7, 11) is 0. The van der Waals surface area contributed by atoms with Crippen molar-refractivity contribution in [3.8, 4) is 22.8 Å². The molecule has 1 saturated carbocycles. The average molecular weight is 416 g/mol. The van der Waals surface area contributed by atoms with Crippen LogP contribution in [-0.2, 0) is 0 Å². The van der Waals surface area contributed by atoms with E-state index >= 15 is 4.39 Å². The van der Waals surface area contributed by atoms with E-state index in [1.54, 1.807) is 12.1 Å². The third kappa shape index (κ3) is 3.02. The number of fused-ring (bicyclic) bond motifs is 3. The molecule has 3 heterocycles. The van der Waals surface area contributed by atoms with E-state index in [4.69, 9.17) is 15.6 Å². The number of anilines is 1. The van der Waals surface area contributed by atoms with E-state index in [2.05, 4.69) is 15.3 Å². The SMILES string of the molecule is Nc1ncnc2c1c(-c1ccc(Oc3ccccc3)cc1F)nn2C1CC2CNC1C2. The van der Waals surface area contributed by atoms with Gasteiger partial charge in [-0.1, -0.05) is 18.2 Å². The number of nitrogens with zero attached hydrogens (tertiary/aromatic N) is 4. The summed E-state index contributed by atoms with van der Waals surface area (Å²) < 4.78 is 22.9. The minimum atomic E-state index is -0.436. The molecule has 2 aromatic heterocycles. The van der Waals surface area contributed by atoms with Gasteiger partial charge in [-0.3, -0.25) is 0 Å². The monoisotopic (exact) mass is 416 g/mol. The van der Waals surface area contributed by atoms with Crippen LogP contribution in [0.15, 0.2) is 54.9 Å². The Bertz CT molecular complexity index is 1270. The molecule has 2 bridgehead atoms. The lowest BCUT2D eigenvalue weighted by molar-refractivity contribution is 0.342. The minimum absolute atomic E-state index is 0.174. The number of para-hydroxylation sites is 1. The van der Waals surface area contributed by atoms with Crippen LogP contribution in [0.2, 0.25) is 0 Å². The van der Waals surface area contributed by atoms with Crippen molar-refractivity contribution in [2.75, 3.05) is 12.3 Å². The maximum absolute atomic E-state index is 15.2. The first-order valence-electron chi connectivity index (χ1n) is 10.4. The predicted octanol–water partition coefficient (Wildman–Crippen LogP) is 3.93. The number of halogens is 1. The van der Waals surface area contributed by atoms with E-state index in [1.165, 1.54) is 12.4 Å². The van der Waals surface area contributed by atoms with E-state index in [0.717, 1.165) is 19.4 Å². The van der Waals surface area contributed by atoms with Crippen LogP contribution in [-0.4, -0.2) is 32.3 Å². The van der Waals surface area contributed by atoms with Crippen LogP contribution in [0.25, 0.3) is 22.3 Å². The van der Waals surface area contributed by atoms with Crippen molar-refractivity contribution < 1.29 is 9.13 Å². The summed E-state index contributed by atoms with van der Waals surface area (Å²) in [6.07, 6.45) is 3.60. The number of ether oxygens (including phenoxy) is 1. The molecule has 156 valence electrons. The van der Waals surface area contributed by atoms with E-state index in [0.29, 0.717) is 51.6 Å². The Kier molecular flexibility index (Phi) is 4.14. The van der Waals surface area contributed by atoms with E-state index < -0.39 is 5.82 Å². The van der Waals surface area contributed by atoms with Crippen LogP contribution in [0.5, 0.6) is 11.5 Å². The van der Waals surface area contributed by atoms with Crippen LogP contribution < -0.4 is 15.8 Å². The van der Waals surface area contributed by atoms with Crippen LogP contribution >= 0.6 is 0 Å². The molecule has 2 aliphatic rings. The molecule has 8 heteroatoms. The highest BCUT2D eigenvalue weighted by Gasteiger charge is 2.42. The van der Waals surface area contributed by atoms with Crippen LogP contribution in [0.1, 0.15) is 18.9 Å². The molecule has 3 unspecified atom stereocenters. The largest absolute Gasteiger partial charge is 0.457 e. The highest BCUT2D eigenvalue weighted by atomic mass is 19.1. The van der Waals surface area contributed by atoms with Gasteiger partial charge in [0.2, 0.25) is 0 Å². The standard InChI is InChI=1S/C23H21FN6O/c24-17-10-15(31-14-4-2-1-3-5-14)6-7-16(17)21-20-22(25)27-12-28-23(20)30(29-21)19-9-13-8-18(19)26-11-13/h1-7,10,12-13,18-19,26H,8-9,11H2,(H2,25,27,28). The van der Waals surface area contributed by atoms with Crippen molar-refractivity contribution in [1.29, 1.82) is 0 Å². The zero-order valence-corrected chi connectivity index (χ0v) is 16.7. The van der Waals surface area contributed by atoms with Gasteiger partial charge in [-0.05, 0) is 49.6 Å². The van der Waals surface area contributed by atoms with Gasteiger partial charge < -0.3 is 15.8 Å². The number of hydrogen-bond donors (Lipinski definition) is 2. The molecule has 4 aromatic rings. The Balaban J connectivity index is 1.43. The molecular formula is C23H21FN6O. The first-order valence-corrected chi connectivity index (χ1v) is 10.4. The molecule has 1 aliphatic carbocycles. The van der Waals surface area contributed by atoms with Gasteiger partial charge in [0.05, 0.1) is 11.4 Å². The van der Waals surface area contributed by atoms with E-state index in [1.807, 2.05) is 35.0 Å². The van der Waals surface area contributed by atoms with Crippen molar-refractivity contribution >= 4 is 16.9 Å². The maximum atomic E-state index is 15.2. The quantitative estimate of drug-likeness (QED) is 0.524. The number of nitrogens with two attached hydrogens (primary N) is 1. The summed E-state index contributed by atoms with van der Waals surface area (Å²) in [6, 6.07) is 14.6. The summed E-state index contributed by atoms with van der Waals surface area (Å²) in [5.74, 6) is 1.56. The topological polar surface area (TPSA) is 90.9 Å². The number of benzene rings is 2. The van der Waals surface area contributed by atoms with Crippen LogP contribution in [0.3, 0.4) is 0 Å². The van der Waals surface area contributed by atoms with Gasteiger partial charge in [0.1, 0.15) is 35.2 Å². The highest BCUT2D eigenvalue weighted by molar-refractivity contribution is 5.98. The number of nitrogen functional groups attached to an aromatic ring is 1. The normalized spacial score (nSPS) is 22.3. The van der Waals surface area contributed by atoms with Crippen LogP contribution in [0, 0.1) is 11.7 Å². The van der Waals surface area contributed by atoms with Crippen molar-refractivity contribution in [3.63, 3.8) is 0 Å². The average Bonchev–Trinajstić information content (AvgIpc) is 3.49. The Morgan fingerprint density at radius 2 is 1.94 bits per heavy atom. The zero-order valence-electron chi connectivity index (χ0n) is 16.7. The van der Waals surface area contributed by atoms with Gasteiger partial charge in [0.15, 0.2) is 5.65 Å². The molecule has 0 radical (unpaired) electrons. The second kappa shape index (κ2) is 7.02. The molecule has 1 aliphatic heterocycles. The maximum Gasteiger partial charge on any atom is 0.164 e. The van der Waals surface area contributed by atoms with Crippen molar-refractivity contribution in [1.82, 2.24) is 25.1 Å². The number of nitrogens with one attached hydrogen (secondary N) is 1. The second-order valence-electron chi connectivity index (χ2n) is 8.23. The molecule has 3 N–H and O–H groups in total. The van der Waals surface area contributed by atoms with E-state index in [-0.39, 0.29) is 6.04 Å². The fourth-order valence-electron chi connectivity index (χ4n) is 4.88. The Morgan fingerprint density at radius 3 is 2.68 bits per heavy atom. The Morgan fingerprint density at radius 1 is 1.06 bits per heavy atom. The molecule has 7 nitrogen and oxygen atoms in total. The molecule has 6 rings (SSSR count). The third-order valence-electron chi connectivity index (χ3n) is 6.30. The number of rotatable bonds is 4. The number of aromatic nitrogens is 4. The summed E-state index contributed by atoms with van der Waals surface area (Å²) in [5.41, 5.74) is 7.65. The second-order valence-corrected chi connectivity index (χ2v) is 8.23. The van der Waals surface area contributed by atoms with Crippen molar-refractivity contribution in [3.05, 3.63) is 60.7 Å². The fourth-order valence-corrected chi connectivity index (χ4v) is 4.88. The first-order chi connectivity index (χ1) is 15.2. The summed E-state index contributed by atoms with van der Waals surface area (Å²) >= 11 is 0. The molecule has 3 atom stereocenters. The van der Waals surface area contributed by atoms with Gasteiger partial charge in [-0.15, -0.1) is 0 Å². The summed E-state index contributed by atoms with van der Waals surface area (Å²) in [4.78, 5) is 8.59. The van der Waals surface area contributed by atoms with Gasteiger partial charge in [-0.2, -0.15) is 5.10 Å². The van der Waals surface area contributed by atoms with Crippen LogP contribution in [0.4, 0.5) is 10.2 Å².